The minimum Gasteiger partial charge on any atom is -0.507 e. The summed E-state index contributed by atoms with van der Waals surface area (Å²) in [5.74, 6) is -3.18. The first-order valence-corrected chi connectivity index (χ1v) is 12.2. The van der Waals surface area contributed by atoms with Crippen molar-refractivity contribution in [2.45, 2.75) is 69.4 Å². The quantitative estimate of drug-likeness (QED) is 0.305. The number of Topliss-reactive ketones (excluding diaryl/α,β-unsaturated/α-hetero) is 1. The van der Waals surface area contributed by atoms with Gasteiger partial charge in [-0.25, -0.2) is 0 Å². The van der Waals surface area contributed by atoms with Crippen LogP contribution < -0.4 is 10.5 Å². The number of hydrogen-bond acceptors (Lipinski definition) is 11. The van der Waals surface area contributed by atoms with Gasteiger partial charge in [-0.05, 0) is 19.9 Å². The molecular formula is C27H29NO10. The van der Waals surface area contributed by atoms with Gasteiger partial charge in [0.1, 0.15) is 22.8 Å². The molecule has 0 unspecified atom stereocenters. The molecule has 6 atom stereocenters. The molecule has 0 saturated carbocycles. The molecule has 1 fully saturated rings. The van der Waals surface area contributed by atoms with Crippen LogP contribution in [-0.2, 0) is 20.7 Å². The largest absolute Gasteiger partial charge is 0.507 e. The summed E-state index contributed by atoms with van der Waals surface area (Å²) in [5, 5.41) is 44.1. The van der Waals surface area contributed by atoms with Crippen LogP contribution in [0.1, 0.15) is 75.8 Å². The summed E-state index contributed by atoms with van der Waals surface area (Å²) < 4.78 is 17.1. The fourth-order valence-corrected chi connectivity index (χ4v) is 5.66. The maximum absolute atomic E-state index is 13.6. The molecule has 2 aromatic rings. The minimum absolute atomic E-state index is 0.0147. The summed E-state index contributed by atoms with van der Waals surface area (Å²) in [6.07, 6.45) is -4.53. The number of hydrogen-bond donors (Lipinski definition) is 5. The molecule has 0 aromatic heterocycles. The predicted octanol–water partition coefficient (Wildman–Crippen LogP) is 1.03. The third kappa shape index (κ3) is 3.81. The van der Waals surface area contributed by atoms with Crippen molar-refractivity contribution in [2.75, 3.05) is 7.11 Å². The van der Waals surface area contributed by atoms with Gasteiger partial charge < -0.3 is 40.4 Å². The molecule has 0 bridgehead atoms. The molecule has 11 heteroatoms. The highest BCUT2D eigenvalue weighted by molar-refractivity contribution is 6.31. The molecule has 1 saturated heterocycles. The van der Waals surface area contributed by atoms with E-state index in [1.54, 1.807) is 6.92 Å². The summed E-state index contributed by atoms with van der Waals surface area (Å²) >= 11 is 0. The number of methoxy groups -OCH3 is 1. The summed E-state index contributed by atoms with van der Waals surface area (Å²) in [4.78, 5) is 39.6. The maximum Gasteiger partial charge on any atom is 0.202 e. The minimum atomic E-state index is -2.00. The van der Waals surface area contributed by atoms with E-state index in [-0.39, 0.29) is 40.8 Å². The average molecular weight is 528 g/mol. The molecular weight excluding hydrogens is 498 g/mol. The number of phenolic OH excluding ortho intramolecular Hbond substituents is 2. The number of aromatic hydroxyl groups is 2. The molecule has 11 nitrogen and oxygen atoms in total. The first-order chi connectivity index (χ1) is 17.9. The molecule has 5 rings (SSSR count). The van der Waals surface area contributed by atoms with Crippen LogP contribution in [0.3, 0.4) is 0 Å². The molecule has 0 radical (unpaired) electrons. The van der Waals surface area contributed by atoms with E-state index in [4.69, 9.17) is 19.9 Å². The second-order valence-electron chi connectivity index (χ2n) is 10.1. The lowest BCUT2D eigenvalue weighted by Crippen LogP contribution is -2.52. The Kier molecular flexibility index (Phi) is 6.32. The van der Waals surface area contributed by atoms with Gasteiger partial charge in [0, 0.05) is 42.0 Å². The highest BCUT2D eigenvalue weighted by Crippen LogP contribution is 2.52. The van der Waals surface area contributed by atoms with E-state index in [0.29, 0.717) is 0 Å². The first kappa shape index (κ1) is 26.3. The molecule has 3 aliphatic rings. The van der Waals surface area contributed by atoms with Gasteiger partial charge >= 0.3 is 0 Å². The number of carbonyl (C=O) groups is 3. The lowest BCUT2D eigenvalue weighted by molar-refractivity contribution is -0.247. The van der Waals surface area contributed by atoms with E-state index in [1.165, 1.54) is 32.2 Å². The summed E-state index contributed by atoms with van der Waals surface area (Å²) in [5.41, 5.74) is 2.97. The molecule has 38 heavy (non-hydrogen) atoms. The molecule has 1 heterocycles. The maximum atomic E-state index is 13.6. The van der Waals surface area contributed by atoms with Crippen molar-refractivity contribution in [1.29, 1.82) is 0 Å². The van der Waals surface area contributed by atoms with Crippen LogP contribution in [0.4, 0.5) is 0 Å². The Labute approximate surface area is 217 Å². The SMILES string of the molecule is COc1cccc2c1C(=O)c1c(O)c3c(c(O)c1C2=O)C[C@@](O)(C(C)=O)C[C@@H]3O[C@@H]1C[C@H](N)[C@@H](O)[C@H](C)O1. The highest BCUT2D eigenvalue weighted by Gasteiger charge is 2.49. The number of benzene rings is 2. The zero-order chi connectivity index (χ0) is 27.7. The highest BCUT2D eigenvalue weighted by atomic mass is 16.7. The second-order valence-corrected chi connectivity index (χ2v) is 10.1. The van der Waals surface area contributed by atoms with Crippen molar-refractivity contribution in [2.24, 2.45) is 5.73 Å². The standard InChI is InChI=1S/C27H29NO10/c1-10-22(30)14(28)7-17(37-10)38-16-9-27(35,11(2)29)8-13-19(16)26(34)21-20(24(13)32)23(31)12-5-4-6-15(36-3)18(12)25(21)33/h4-6,10,14,16-17,22,30,32,34-35H,7-9,28H2,1-3H3/t10-,14-,16-,17+,22-,27-/m0/s1. The number of aliphatic hydroxyl groups excluding tert-OH is 1. The van der Waals surface area contributed by atoms with Crippen LogP contribution in [0.5, 0.6) is 17.2 Å². The van der Waals surface area contributed by atoms with Crippen molar-refractivity contribution in [3.8, 4) is 17.2 Å². The number of fused-ring (bicyclic) bond motifs is 3. The van der Waals surface area contributed by atoms with Crippen LogP contribution in [0.2, 0.25) is 0 Å². The zero-order valence-corrected chi connectivity index (χ0v) is 21.1. The Morgan fingerprint density at radius 2 is 1.82 bits per heavy atom. The molecule has 2 aromatic carbocycles. The molecule has 202 valence electrons. The van der Waals surface area contributed by atoms with Crippen LogP contribution in [0.25, 0.3) is 0 Å². The Balaban J connectivity index is 1.68. The van der Waals surface area contributed by atoms with Gasteiger partial charge in [-0.1, -0.05) is 12.1 Å². The Morgan fingerprint density at radius 3 is 2.45 bits per heavy atom. The molecule has 6 N–H and O–H groups in total. The number of ether oxygens (including phenoxy) is 3. The second kappa shape index (κ2) is 9.14. The van der Waals surface area contributed by atoms with Crippen molar-refractivity contribution in [1.82, 2.24) is 0 Å². The van der Waals surface area contributed by atoms with Crippen LogP contribution in [-0.4, -0.2) is 75.0 Å². The van der Waals surface area contributed by atoms with Gasteiger partial charge in [-0.15, -0.1) is 0 Å². The van der Waals surface area contributed by atoms with E-state index in [2.05, 4.69) is 0 Å². The Morgan fingerprint density at radius 1 is 1.13 bits per heavy atom. The fourth-order valence-electron chi connectivity index (χ4n) is 5.66. The van der Waals surface area contributed by atoms with Gasteiger partial charge in [0.05, 0.1) is 42.1 Å². The molecule has 1 aliphatic heterocycles. The smallest absolute Gasteiger partial charge is 0.202 e. The topological polar surface area (TPSA) is 186 Å². The number of aliphatic hydroxyl groups is 2. The number of carbonyl (C=O) groups excluding carboxylic acids is 3. The van der Waals surface area contributed by atoms with Gasteiger partial charge in [-0.3, -0.25) is 14.4 Å². The molecule has 0 amide bonds. The monoisotopic (exact) mass is 527 g/mol. The van der Waals surface area contributed by atoms with E-state index >= 15 is 0 Å². The summed E-state index contributed by atoms with van der Waals surface area (Å²) in [7, 11) is 1.34. The molecule has 2 aliphatic carbocycles. The average Bonchev–Trinajstić information content (AvgIpc) is 2.87. The summed E-state index contributed by atoms with van der Waals surface area (Å²) in [6.45, 7) is 2.79. The summed E-state index contributed by atoms with van der Waals surface area (Å²) in [6, 6.07) is 3.75. The van der Waals surface area contributed by atoms with Crippen molar-refractivity contribution < 1.29 is 49.0 Å². The third-order valence-corrected chi connectivity index (χ3v) is 7.80. The fraction of sp³-hybridized carbons (Fsp3) is 0.444. The van der Waals surface area contributed by atoms with Crippen LogP contribution in [0, 0.1) is 0 Å². The third-order valence-electron chi connectivity index (χ3n) is 7.80. The number of ketones is 3. The van der Waals surface area contributed by atoms with E-state index in [9.17, 15) is 34.8 Å². The van der Waals surface area contributed by atoms with Crippen molar-refractivity contribution >= 4 is 17.3 Å². The lowest BCUT2D eigenvalue weighted by Gasteiger charge is -2.42. The Bertz CT molecular complexity index is 1360. The zero-order valence-electron chi connectivity index (χ0n) is 21.1. The lowest BCUT2D eigenvalue weighted by atomic mass is 9.72. The van der Waals surface area contributed by atoms with Gasteiger partial charge in [-0.2, -0.15) is 0 Å². The number of rotatable bonds is 4. The van der Waals surface area contributed by atoms with Crippen LogP contribution >= 0.6 is 0 Å². The van der Waals surface area contributed by atoms with E-state index in [0.717, 1.165) is 0 Å². The van der Waals surface area contributed by atoms with E-state index in [1.807, 2.05) is 0 Å². The van der Waals surface area contributed by atoms with Crippen molar-refractivity contribution in [3.05, 3.63) is 51.6 Å². The normalized spacial score (nSPS) is 30.3. The van der Waals surface area contributed by atoms with Gasteiger partial charge in [0.15, 0.2) is 17.9 Å². The van der Waals surface area contributed by atoms with Gasteiger partial charge in [0.25, 0.3) is 0 Å². The van der Waals surface area contributed by atoms with Gasteiger partial charge in [0.2, 0.25) is 5.78 Å². The number of phenols is 2. The first-order valence-electron chi connectivity index (χ1n) is 12.2. The molecule has 0 spiro atoms. The van der Waals surface area contributed by atoms with Crippen molar-refractivity contribution in [3.63, 3.8) is 0 Å². The van der Waals surface area contributed by atoms with E-state index < -0.39 is 82.6 Å². The number of nitrogens with two attached hydrogens (primary N) is 1. The predicted molar refractivity (Wildman–Crippen MR) is 130 cm³/mol. The van der Waals surface area contributed by atoms with Crippen LogP contribution in [0.15, 0.2) is 18.2 Å². The Hall–Kier alpha value is -3.35.